The second-order valence-electron chi connectivity index (χ2n) is 5.16. The lowest BCUT2D eigenvalue weighted by molar-refractivity contribution is -0.115. The Morgan fingerprint density at radius 2 is 2.04 bits per heavy atom. The lowest BCUT2D eigenvalue weighted by Gasteiger charge is -2.04. The van der Waals surface area contributed by atoms with E-state index in [1.807, 2.05) is 36.4 Å². The van der Waals surface area contributed by atoms with Crippen LogP contribution in [0.4, 0.5) is 5.13 Å². The molecule has 0 unspecified atom stereocenters. The Labute approximate surface area is 164 Å². The summed E-state index contributed by atoms with van der Waals surface area (Å²) in [4.78, 5) is 16.4. The molecule has 3 rings (SSSR count). The molecule has 2 N–H and O–H groups in total. The zero-order valence-corrected chi connectivity index (χ0v) is 16.0. The van der Waals surface area contributed by atoms with E-state index in [2.05, 4.69) is 15.6 Å². The number of benzene rings is 2. The number of thiazole rings is 1. The summed E-state index contributed by atoms with van der Waals surface area (Å²) in [7, 11) is 1.60. The van der Waals surface area contributed by atoms with Gasteiger partial charge in [0.2, 0.25) is 5.91 Å². The van der Waals surface area contributed by atoms with Gasteiger partial charge in [0, 0.05) is 6.08 Å². The van der Waals surface area contributed by atoms with Gasteiger partial charge >= 0.3 is 0 Å². The van der Waals surface area contributed by atoms with Crippen molar-refractivity contribution >= 4 is 67.6 Å². The van der Waals surface area contributed by atoms with E-state index in [0.29, 0.717) is 15.7 Å². The Bertz CT molecular complexity index is 984. The highest BCUT2D eigenvalue weighted by atomic mass is 35.5. The zero-order valence-electron chi connectivity index (χ0n) is 13.7. The normalized spacial score (nSPS) is 10.8. The average Bonchev–Trinajstić information content (AvgIpc) is 3.04. The Hall–Kier alpha value is -2.48. The number of amides is 1. The molecule has 3 aromatic rings. The molecule has 0 spiro atoms. The lowest BCUT2D eigenvalue weighted by atomic mass is 10.2. The fraction of sp³-hybridized carbons (Fsp3) is 0.0556. The number of aromatic nitrogens is 1. The van der Waals surface area contributed by atoms with Gasteiger partial charge in [0.15, 0.2) is 10.2 Å². The predicted octanol–water partition coefficient (Wildman–Crippen LogP) is 4.48. The Morgan fingerprint density at radius 1 is 1.27 bits per heavy atom. The molecule has 8 heteroatoms. The van der Waals surface area contributed by atoms with E-state index in [1.54, 1.807) is 19.3 Å². The molecule has 0 fully saturated rings. The van der Waals surface area contributed by atoms with Crippen LogP contribution in [-0.4, -0.2) is 23.1 Å². The Kier molecular flexibility index (Phi) is 5.82. The van der Waals surface area contributed by atoms with E-state index in [-0.39, 0.29) is 11.0 Å². The average molecular weight is 404 g/mol. The number of carbonyl (C=O) groups is 1. The monoisotopic (exact) mass is 403 g/mol. The van der Waals surface area contributed by atoms with E-state index in [9.17, 15) is 4.79 Å². The Morgan fingerprint density at radius 3 is 2.73 bits per heavy atom. The van der Waals surface area contributed by atoms with Crippen molar-refractivity contribution in [1.82, 2.24) is 10.3 Å². The fourth-order valence-electron chi connectivity index (χ4n) is 2.14. The van der Waals surface area contributed by atoms with Gasteiger partial charge in [0.1, 0.15) is 11.3 Å². The number of nitrogens with zero attached hydrogens (tertiary/aromatic N) is 1. The number of carbonyl (C=O) groups excluding carboxylic acids is 1. The third kappa shape index (κ3) is 4.57. The maximum Gasteiger partial charge on any atom is 0.250 e. The molecule has 1 aromatic heterocycles. The van der Waals surface area contributed by atoms with Crippen LogP contribution < -0.4 is 15.4 Å². The first-order valence-electron chi connectivity index (χ1n) is 7.54. The van der Waals surface area contributed by atoms with Gasteiger partial charge in [-0.25, -0.2) is 4.98 Å². The predicted molar refractivity (Wildman–Crippen MR) is 111 cm³/mol. The number of thiocarbonyl (C=S) groups is 1. The van der Waals surface area contributed by atoms with Crippen molar-refractivity contribution in [2.24, 2.45) is 0 Å². The number of ether oxygens (including phenoxy) is 1. The molecule has 5 nitrogen and oxygen atoms in total. The van der Waals surface area contributed by atoms with Gasteiger partial charge in [-0.2, -0.15) is 0 Å². The largest absolute Gasteiger partial charge is 0.497 e. The molecule has 2 aromatic carbocycles. The topological polar surface area (TPSA) is 63.2 Å². The molecule has 0 atom stereocenters. The molecule has 0 aliphatic carbocycles. The van der Waals surface area contributed by atoms with Crippen molar-refractivity contribution < 1.29 is 9.53 Å². The van der Waals surface area contributed by atoms with E-state index in [0.717, 1.165) is 16.0 Å². The summed E-state index contributed by atoms with van der Waals surface area (Å²) in [5.41, 5.74) is 1.58. The van der Waals surface area contributed by atoms with Gasteiger partial charge in [-0.1, -0.05) is 41.1 Å². The van der Waals surface area contributed by atoms with Crippen LogP contribution in [-0.2, 0) is 4.79 Å². The minimum absolute atomic E-state index is 0.171. The summed E-state index contributed by atoms with van der Waals surface area (Å²) >= 11 is 12.7. The lowest BCUT2D eigenvalue weighted by Crippen LogP contribution is -2.32. The van der Waals surface area contributed by atoms with Crippen molar-refractivity contribution in [3.63, 3.8) is 0 Å². The number of hydrogen-bond acceptors (Lipinski definition) is 5. The summed E-state index contributed by atoms with van der Waals surface area (Å²) in [6.07, 6.45) is 3.10. The fourth-order valence-corrected chi connectivity index (χ4v) is 3.57. The van der Waals surface area contributed by atoms with Crippen LogP contribution in [0.1, 0.15) is 5.56 Å². The van der Waals surface area contributed by atoms with Crippen LogP contribution in [0.25, 0.3) is 16.3 Å². The number of anilines is 1. The number of fused-ring (bicyclic) bond motifs is 1. The van der Waals surface area contributed by atoms with Crippen LogP contribution in [0.2, 0.25) is 5.02 Å². The van der Waals surface area contributed by atoms with Crippen LogP contribution in [0, 0.1) is 0 Å². The maximum atomic E-state index is 12.0. The highest BCUT2D eigenvalue weighted by molar-refractivity contribution is 7.80. The van der Waals surface area contributed by atoms with Crippen molar-refractivity contribution in [2.45, 2.75) is 0 Å². The molecule has 1 amide bonds. The molecule has 1 heterocycles. The molecule has 0 saturated heterocycles. The minimum atomic E-state index is -0.336. The molecule has 0 radical (unpaired) electrons. The summed E-state index contributed by atoms with van der Waals surface area (Å²) in [5, 5.41) is 6.80. The SMILES string of the molecule is COc1ccc(/C=C/C(=O)NC(=S)Nc2nc3c(Cl)cccc3s2)cc1. The number of para-hydroxylation sites is 1. The summed E-state index contributed by atoms with van der Waals surface area (Å²) in [6, 6.07) is 12.9. The molecule has 0 bridgehead atoms. The molecule has 132 valence electrons. The van der Waals surface area contributed by atoms with Crippen molar-refractivity contribution in [1.29, 1.82) is 0 Å². The van der Waals surface area contributed by atoms with Crippen LogP contribution in [0.5, 0.6) is 5.75 Å². The van der Waals surface area contributed by atoms with E-state index in [1.165, 1.54) is 17.4 Å². The standard InChI is InChI=1S/C18H14ClN3O2S2/c1-24-12-8-5-11(6-9-12)7-10-15(23)20-17(25)22-18-21-16-13(19)3-2-4-14(16)26-18/h2-10H,1H3,(H2,20,21,22,23,25)/b10-7+. The number of methoxy groups -OCH3 is 1. The molecular weight excluding hydrogens is 390 g/mol. The quantitative estimate of drug-likeness (QED) is 0.496. The second kappa shape index (κ2) is 8.27. The highest BCUT2D eigenvalue weighted by Crippen LogP contribution is 2.30. The summed E-state index contributed by atoms with van der Waals surface area (Å²) in [6.45, 7) is 0. The third-order valence-electron chi connectivity index (χ3n) is 3.37. The molecule has 0 saturated carbocycles. The number of nitrogens with one attached hydrogen (secondary N) is 2. The minimum Gasteiger partial charge on any atom is -0.497 e. The molecule has 0 aliphatic rings. The molecular formula is C18H14ClN3O2S2. The van der Waals surface area contributed by atoms with Gasteiger partial charge in [-0.05, 0) is 48.1 Å². The van der Waals surface area contributed by atoms with Gasteiger partial charge in [0.25, 0.3) is 0 Å². The van der Waals surface area contributed by atoms with Gasteiger partial charge in [-0.3, -0.25) is 10.1 Å². The molecule has 26 heavy (non-hydrogen) atoms. The Balaban J connectivity index is 1.58. The summed E-state index contributed by atoms with van der Waals surface area (Å²) in [5.74, 6) is 0.422. The van der Waals surface area contributed by atoms with Gasteiger partial charge < -0.3 is 10.1 Å². The third-order valence-corrected chi connectivity index (χ3v) is 4.82. The number of hydrogen-bond donors (Lipinski definition) is 2. The number of rotatable bonds is 4. The van der Waals surface area contributed by atoms with Gasteiger partial charge in [0.05, 0.1) is 16.8 Å². The van der Waals surface area contributed by atoms with E-state index >= 15 is 0 Å². The van der Waals surface area contributed by atoms with Crippen molar-refractivity contribution in [2.75, 3.05) is 12.4 Å². The smallest absolute Gasteiger partial charge is 0.250 e. The van der Waals surface area contributed by atoms with Crippen molar-refractivity contribution in [3.05, 3.63) is 59.1 Å². The molecule has 0 aliphatic heterocycles. The zero-order chi connectivity index (χ0) is 18.5. The summed E-state index contributed by atoms with van der Waals surface area (Å²) < 4.78 is 6.03. The maximum absolute atomic E-state index is 12.0. The van der Waals surface area contributed by atoms with E-state index in [4.69, 9.17) is 28.6 Å². The van der Waals surface area contributed by atoms with Crippen molar-refractivity contribution in [3.8, 4) is 5.75 Å². The first-order chi connectivity index (χ1) is 12.5. The first-order valence-corrected chi connectivity index (χ1v) is 9.14. The van der Waals surface area contributed by atoms with Crippen LogP contribution in [0.15, 0.2) is 48.5 Å². The second-order valence-corrected chi connectivity index (χ2v) is 7.00. The van der Waals surface area contributed by atoms with Gasteiger partial charge in [-0.15, -0.1) is 0 Å². The first kappa shape index (κ1) is 18.3. The number of halogens is 1. The highest BCUT2D eigenvalue weighted by Gasteiger charge is 2.09. The van der Waals surface area contributed by atoms with E-state index < -0.39 is 0 Å². The van der Waals surface area contributed by atoms with Crippen LogP contribution >= 0.6 is 35.2 Å². The van der Waals surface area contributed by atoms with Crippen LogP contribution in [0.3, 0.4) is 0 Å².